The number of amides is 2. The van der Waals surface area contributed by atoms with Crippen LogP contribution in [0.2, 0.25) is 0 Å². The highest BCUT2D eigenvalue weighted by Gasteiger charge is 2.28. The van der Waals surface area contributed by atoms with Gasteiger partial charge in [0.05, 0.1) is 24.3 Å². The molecule has 0 aliphatic rings. The maximum Gasteiger partial charge on any atom is 0.400 e. The van der Waals surface area contributed by atoms with Gasteiger partial charge in [0.15, 0.2) is 0 Å². The van der Waals surface area contributed by atoms with Gasteiger partial charge in [0.25, 0.3) is 0 Å². The average Bonchev–Trinajstić information content (AvgIpc) is 2.42. The van der Waals surface area contributed by atoms with Crippen LogP contribution in [-0.2, 0) is 28.4 Å². The fourth-order valence-corrected chi connectivity index (χ4v) is 2.32. The molecule has 0 spiro atoms. The molecular weight excluding hydrogens is 348 g/mol. The number of hydrogen-bond acceptors (Lipinski definition) is 6. The van der Waals surface area contributed by atoms with E-state index >= 15 is 0 Å². The largest absolute Gasteiger partial charge is 0.400 e. The second-order valence-corrected chi connectivity index (χ2v) is 8.46. The SMILES string of the molecule is C=C(C)C(=O)NC(C)(C)COS(=O)(=O)OCC(C)(C)NC(=O)C(=C)C. The van der Waals surface area contributed by atoms with Crippen molar-refractivity contribution < 1.29 is 26.4 Å². The molecular formula is C16H28N2O6S. The van der Waals surface area contributed by atoms with Crippen molar-refractivity contribution in [2.24, 2.45) is 0 Å². The number of carbonyl (C=O) groups excluding carboxylic acids is 2. The molecule has 0 aromatic heterocycles. The Bertz CT molecular complexity index is 600. The van der Waals surface area contributed by atoms with E-state index in [2.05, 4.69) is 23.8 Å². The fraction of sp³-hybridized carbons (Fsp3) is 0.625. The second-order valence-electron chi connectivity index (χ2n) is 7.17. The summed E-state index contributed by atoms with van der Waals surface area (Å²) in [4.78, 5) is 23.2. The van der Waals surface area contributed by atoms with Gasteiger partial charge in [-0.15, -0.1) is 0 Å². The first-order valence-corrected chi connectivity index (χ1v) is 8.90. The Balaban J connectivity index is 4.64. The van der Waals surface area contributed by atoms with E-state index in [1.807, 2.05) is 0 Å². The van der Waals surface area contributed by atoms with Crippen LogP contribution < -0.4 is 10.6 Å². The Morgan fingerprint density at radius 1 is 0.840 bits per heavy atom. The monoisotopic (exact) mass is 376 g/mol. The van der Waals surface area contributed by atoms with Crippen molar-refractivity contribution >= 4 is 22.2 Å². The molecule has 8 nitrogen and oxygen atoms in total. The normalized spacial score (nSPS) is 12.4. The van der Waals surface area contributed by atoms with Crippen molar-refractivity contribution in [3.05, 3.63) is 24.3 Å². The Morgan fingerprint density at radius 2 is 1.12 bits per heavy atom. The summed E-state index contributed by atoms with van der Waals surface area (Å²) >= 11 is 0. The Kier molecular flexibility index (Phi) is 8.00. The molecule has 0 radical (unpaired) electrons. The third kappa shape index (κ3) is 10.0. The summed E-state index contributed by atoms with van der Waals surface area (Å²) in [6.07, 6.45) is 0. The number of hydrogen-bond donors (Lipinski definition) is 2. The van der Waals surface area contributed by atoms with Crippen LogP contribution in [0.3, 0.4) is 0 Å². The minimum atomic E-state index is -4.31. The van der Waals surface area contributed by atoms with E-state index in [-0.39, 0.29) is 13.2 Å². The topological polar surface area (TPSA) is 111 Å². The quantitative estimate of drug-likeness (QED) is 0.554. The van der Waals surface area contributed by atoms with Crippen LogP contribution in [0.4, 0.5) is 0 Å². The van der Waals surface area contributed by atoms with E-state index in [1.54, 1.807) is 27.7 Å². The van der Waals surface area contributed by atoms with Crippen LogP contribution in [0.1, 0.15) is 41.5 Å². The summed E-state index contributed by atoms with van der Waals surface area (Å²) in [5.41, 5.74) is -1.31. The molecule has 0 saturated carbocycles. The van der Waals surface area contributed by atoms with Crippen LogP contribution in [0.5, 0.6) is 0 Å². The van der Waals surface area contributed by atoms with Crippen molar-refractivity contribution in [3.8, 4) is 0 Å². The zero-order valence-electron chi connectivity index (χ0n) is 15.7. The number of rotatable bonds is 10. The third-order valence-corrected chi connectivity index (χ3v) is 3.62. The lowest BCUT2D eigenvalue weighted by atomic mass is 10.1. The summed E-state index contributed by atoms with van der Waals surface area (Å²) in [6.45, 7) is 15.8. The number of nitrogens with one attached hydrogen (secondary N) is 2. The predicted octanol–water partition coefficient (Wildman–Crippen LogP) is 1.21. The summed E-state index contributed by atoms with van der Waals surface area (Å²) in [6, 6.07) is 0. The van der Waals surface area contributed by atoms with Gasteiger partial charge < -0.3 is 10.6 Å². The molecule has 0 atom stereocenters. The minimum Gasteiger partial charge on any atom is -0.345 e. The first-order chi connectivity index (χ1) is 11.1. The van der Waals surface area contributed by atoms with Gasteiger partial charge in [-0.05, 0) is 41.5 Å². The van der Waals surface area contributed by atoms with Crippen molar-refractivity contribution in [1.29, 1.82) is 0 Å². The van der Waals surface area contributed by atoms with Crippen LogP contribution in [-0.4, -0.2) is 44.5 Å². The molecule has 2 N–H and O–H groups in total. The lowest BCUT2D eigenvalue weighted by Gasteiger charge is -2.27. The zero-order valence-corrected chi connectivity index (χ0v) is 16.5. The van der Waals surface area contributed by atoms with Crippen molar-refractivity contribution in [2.45, 2.75) is 52.6 Å². The van der Waals surface area contributed by atoms with E-state index in [4.69, 9.17) is 8.37 Å². The number of carbonyl (C=O) groups is 2. The molecule has 0 aromatic carbocycles. The van der Waals surface area contributed by atoms with Gasteiger partial charge in [-0.3, -0.25) is 9.59 Å². The van der Waals surface area contributed by atoms with Gasteiger partial charge in [-0.1, -0.05) is 13.2 Å². The summed E-state index contributed by atoms with van der Waals surface area (Å²) in [5.74, 6) is -0.814. The summed E-state index contributed by atoms with van der Waals surface area (Å²) < 4.78 is 33.3. The first kappa shape index (κ1) is 23.3. The van der Waals surface area contributed by atoms with E-state index in [1.165, 1.54) is 13.8 Å². The molecule has 144 valence electrons. The fourth-order valence-electron chi connectivity index (χ4n) is 1.37. The molecule has 0 rings (SSSR count). The maximum atomic E-state index is 11.9. The van der Waals surface area contributed by atoms with E-state index < -0.39 is 33.3 Å². The van der Waals surface area contributed by atoms with Crippen molar-refractivity contribution in [1.82, 2.24) is 10.6 Å². The summed E-state index contributed by atoms with van der Waals surface area (Å²) in [7, 11) is -4.31. The molecule has 2 amide bonds. The van der Waals surface area contributed by atoms with E-state index in [0.29, 0.717) is 11.1 Å². The van der Waals surface area contributed by atoms with Crippen LogP contribution >= 0.6 is 0 Å². The highest BCUT2D eigenvalue weighted by molar-refractivity contribution is 7.81. The molecule has 0 saturated heterocycles. The molecule has 9 heteroatoms. The first-order valence-electron chi connectivity index (χ1n) is 7.57. The molecule has 25 heavy (non-hydrogen) atoms. The van der Waals surface area contributed by atoms with Gasteiger partial charge in [0.1, 0.15) is 0 Å². The van der Waals surface area contributed by atoms with Crippen LogP contribution in [0.15, 0.2) is 24.3 Å². The van der Waals surface area contributed by atoms with Gasteiger partial charge in [-0.25, -0.2) is 8.37 Å². The van der Waals surface area contributed by atoms with E-state index in [0.717, 1.165) is 0 Å². The Hall–Kier alpha value is -1.71. The second kappa shape index (κ2) is 8.59. The molecule has 0 aliphatic carbocycles. The van der Waals surface area contributed by atoms with Gasteiger partial charge >= 0.3 is 10.4 Å². The Morgan fingerprint density at radius 3 is 1.36 bits per heavy atom. The van der Waals surface area contributed by atoms with Gasteiger partial charge in [0.2, 0.25) is 11.8 Å². The van der Waals surface area contributed by atoms with Gasteiger partial charge in [0, 0.05) is 11.1 Å². The van der Waals surface area contributed by atoms with Gasteiger partial charge in [-0.2, -0.15) is 8.42 Å². The van der Waals surface area contributed by atoms with E-state index in [9.17, 15) is 18.0 Å². The Labute approximate surface area is 150 Å². The molecule has 0 fully saturated rings. The summed E-state index contributed by atoms with van der Waals surface area (Å²) in [5, 5.41) is 5.18. The molecule has 0 heterocycles. The van der Waals surface area contributed by atoms with Crippen molar-refractivity contribution in [3.63, 3.8) is 0 Å². The van der Waals surface area contributed by atoms with Crippen LogP contribution in [0, 0.1) is 0 Å². The zero-order chi connectivity index (χ0) is 20.1. The predicted molar refractivity (Wildman–Crippen MR) is 94.9 cm³/mol. The highest BCUT2D eigenvalue weighted by Crippen LogP contribution is 2.11. The lowest BCUT2D eigenvalue weighted by Crippen LogP contribution is -2.49. The third-order valence-electron chi connectivity index (χ3n) is 2.81. The minimum absolute atomic E-state index is 0.294. The smallest absolute Gasteiger partial charge is 0.345 e. The molecule has 0 unspecified atom stereocenters. The standard InChI is InChI=1S/C16H28N2O6S/c1-11(2)13(19)17-15(5,6)9-23-25(21,22)24-10-16(7,8)18-14(20)12(3)4/h1,3,9-10H2,2,4-8H3,(H,17,19)(H,18,20). The molecule has 0 aromatic rings. The van der Waals surface area contributed by atoms with Crippen molar-refractivity contribution in [2.75, 3.05) is 13.2 Å². The van der Waals surface area contributed by atoms with Crippen LogP contribution in [0.25, 0.3) is 0 Å². The average molecular weight is 376 g/mol. The molecule has 0 aliphatic heterocycles. The lowest BCUT2D eigenvalue weighted by molar-refractivity contribution is -0.120. The highest BCUT2D eigenvalue weighted by atomic mass is 32.3. The maximum absolute atomic E-state index is 11.9. The molecule has 0 bridgehead atoms.